The van der Waals surface area contributed by atoms with Gasteiger partial charge in [0.1, 0.15) is 5.56 Å². The summed E-state index contributed by atoms with van der Waals surface area (Å²) in [5, 5.41) is 6.96. The van der Waals surface area contributed by atoms with Crippen molar-refractivity contribution < 1.29 is 4.79 Å². The van der Waals surface area contributed by atoms with E-state index in [2.05, 4.69) is 10.4 Å². The number of hydrogen-bond donors (Lipinski definition) is 1. The predicted molar refractivity (Wildman–Crippen MR) is 78.0 cm³/mol. The number of rotatable bonds is 3. The highest BCUT2D eigenvalue weighted by molar-refractivity contribution is 5.93. The van der Waals surface area contributed by atoms with Gasteiger partial charge in [0.25, 0.3) is 11.5 Å². The van der Waals surface area contributed by atoms with Crippen LogP contribution in [-0.4, -0.2) is 20.1 Å². The number of nitrogens with zero attached hydrogens (tertiary/aromatic N) is 3. The molecular weight excluding hydrogens is 268 g/mol. The van der Waals surface area contributed by atoms with Crippen molar-refractivity contribution in [2.45, 2.75) is 6.54 Å². The molecule has 3 heterocycles. The molecule has 1 N–H and O–H groups in total. The smallest absolute Gasteiger partial charge is 0.263 e. The van der Waals surface area contributed by atoms with Gasteiger partial charge in [0.15, 0.2) is 0 Å². The molecule has 0 unspecified atom stereocenters. The second-order valence-corrected chi connectivity index (χ2v) is 4.72. The van der Waals surface area contributed by atoms with Crippen molar-refractivity contribution in [1.29, 1.82) is 0 Å². The fourth-order valence-electron chi connectivity index (χ4n) is 2.16. The standard InChI is InChI=1S/C15H14N4O2/c1-18-7-4-5-12(15(18)21)14(20)16-9-11-10-17-19-8-3-2-6-13(11)19/h2-8,10H,9H2,1H3,(H,16,20). The Bertz CT molecular complexity index is 863. The molecule has 3 rings (SSSR count). The second kappa shape index (κ2) is 5.24. The van der Waals surface area contributed by atoms with Crippen molar-refractivity contribution in [2.75, 3.05) is 0 Å². The molecule has 0 fully saturated rings. The first-order valence-corrected chi connectivity index (χ1v) is 6.52. The third kappa shape index (κ3) is 2.43. The monoisotopic (exact) mass is 282 g/mol. The van der Waals surface area contributed by atoms with Crippen LogP contribution in [0.3, 0.4) is 0 Å². The Morgan fingerprint density at radius 2 is 2.10 bits per heavy atom. The van der Waals surface area contributed by atoms with Crippen LogP contribution >= 0.6 is 0 Å². The molecule has 0 aliphatic carbocycles. The number of pyridine rings is 2. The van der Waals surface area contributed by atoms with E-state index in [9.17, 15) is 9.59 Å². The summed E-state index contributed by atoms with van der Waals surface area (Å²) in [6.07, 6.45) is 5.16. The third-order valence-corrected chi connectivity index (χ3v) is 3.31. The molecule has 0 saturated carbocycles. The van der Waals surface area contributed by atoms with Gasteiger partial charge < -0.3 is 9.88 Å². The molecular formula is C15H14N4O2. The highest BCUT2D eigenvalue weighted by atomic mass is 16.2. The number of carbonyl (C=O) groups is 1. The molecule has 106 valence electrons. The van der Waals surface area contributed by atoms with E-state index in [1.165, 1.54) is 10.6 Å². The molecule has 0 bridgehead atoms. The summed E-state index contributed by atoms with van der Waals surface area (Å²) >= 11 is 0. The Kier molecular flexibility index (Phi) is 3.27. The molecule has 6 heteroatoms. The molecule has 0 aliphatic heterocycles. The summed E-state index contributed by atoms with van der Waals surface area (Å²) in [6, 6.07) is 8.92. The van der Waals surface area contributed by atoms with Crippen molar-refractivity contribution >= 4 is 11.4 Å². The molecule has 0 atom stereocenters. The van der Waals surface area contributed by atoms with Gasteiger partial charge in [-0.1, -0.05) is 6.07 Å². The minimum atomic E-state index is -0.383. The molecule has 1 amide bonds. The number of fused-ring (bicyclic) bond motifs is 1. The van der Waals surface area contributed by atoms with Gasteiger partial charge in [0.05, 0.1) is 11.7 Å². The van der Waals surface area contributed by atoms with E-state index in [1.54, 1.807) is 30.0 Å². The third-order valence-electron chi connectivity index (χ3n) is 3.31. The van der Waals surface area contributed by atoms with Crippen LogP contribution in [0.5, 0.6) is 0 Å². The molecule has 0 aromatic carbocycles. The average molecular weight is 282 g/mol. The Hall–Kier alpha value is -2.89. The predicted octanol–water partition coefficient (Wildman–Crippen LogP) is 0.963. The van der Waals surface area contributed by atoms with E-state index in [0.29, 0.717) is 6.54 Å². The second-order valence-electron chi connectivity index (χ2n) is 4.72. The summed E-state index contributed by atoms with van der Waals surface area (Å²) in [6.45, 7) is 0.324. The maximum Gasteiger partial charge on any atom is 0.263 e. The lowest BCUT2D eigenvalue weighted by Crippen LogP contribution is -2.31. The SMILES string of the molecule is Cn1cccc(C(=O)NCc2cnn3ccccc23)c1=O. The van der Waals surface area contributed by atoms with Crippen LogP contribution in [0.1, 0.15) is 15.9 Å². The molecule has 0 radical (unpaired) electrons. The molecule has 0 saturated heterocycles. The summed E-state index contributed by atoms with van der Waals surface area (Å²) in [5.41, 5.74) is 1.65. The zero-order valence-electron chi connectivity index (χ0n) is 11.5. The first-order chi connectivity index (χ1) is 10.2. The van der Waals surface area contributed by atoms with Crippen LogP contribution in [0.25, 0.3) is 5.52 Å². The summed E-state index contributed by atoms with van der Waals surface area (Å²) in [7, 11) is 1.62. The summed E-state index contributed by atoms with van der Waals surface area (Å²) in [4.78, 5) is 24.0. The Balaban J connectivity index is 1.80. The average Bonchev–Trinajstić information content (AvgIpc) is 2.91. The Labute approximate surface area is 120 Å². The van der Waals surface area contributed by atoms with Gasteiger partial charge in [-0.25, -0.2) is 4.52 Å². The Morgan fingerprint density at radius 3 is 2.95 bits per heavy atom. The lowest BCUT2D eigenvalue weighted by Gasteiger charge is -2.05. The molecule has 3 aromatic rings. The van der Waals surface area contributed by atoms with Crippen LogP contribution in [0, 0.1) is 0 Å². The minimum absolute atomic E-state index is 0.136. The maximum atomic E-state index is 12.1. The van der Waals surface area contributed by atoms with Crippen molar-refractivity contribution in [2.24, 2.45) is 7.05 Å². The van der Waals surface area contributed by atoms with Gasteiger partial charge in [-0.2, -0.15) is 5.10 Å². The van der Waals surface area contributed by atoms with Gasteiger partial charge in [-0.15, -0.1) is 0 Å². The zero-order valence-corrected chi connectivity index (χ0v) is 11.5. The van der Waals surface area contributed by atoms with Crippen molar-refractivity contribution in [3.63, 3.8) is 0 Å². The van der Waals surface area contributed by atoms with Crippen molar-refractivity contribution in [1.82, 2.24) is 19.5 Å². The number of carbonyl (C=O) groups excluding carboxylic acids is 1. The van der Waals surface area contributed by atoms with Crippen LogP contribution in [0.15, 0.2) is 53.7 Å². The lowest BCUT2D eigenvalue weighted by molar-refractivity contribution is 0.0949. The number of hydrogen-bond acceptors (Lipinski definition) is 3. The van der Waals surface area contributed by atoms with E-state index < -0.39 is 0 Å². The van der Waals surface area contributed by atoms with Crippen LogP contribution in [-0.2, 0) is 13.6 Å². The van der Waals surface area contributed by atoms with Gasteiger partial charge >= 0.3 is 0 Å². The number of aromatic nitrogens is 3. The molecule has 0 spiro atoms. The topological polar surface area (TPSA) is 68.4 Å². The molecule has 21 heavy (non-hydrogen) atoms. The fraction of sp³-hybridized carbons (Fsp3) is 0.133. The van der Waals surface area contributed by atoms with Crippen LogP contribution in [0.2, 0.25) is 0 Å². The van der Waals surface area contributed by atoms with Crippen LogP contribution in [0.4, 0.5) is 0 Å². The van der Waals surface area contributed by atoms with Gasteiger partial charge in [-0.3, -0.25) is 9.59 Å². The van der Waals surface area contributed by atoms with Crippen LogP contribution < -0.4 is 10.9 Å². The highest BCUT2D eigenvalue weighted by Gasteiger charge is 2.11. The van der Waals surface area contributed by atoms with Gasteiger partial charge in [0, 0.05) is 31.5 Å². The van der Waals surface area contributed by atoms with Gasteiger partial charge in [-0.05, 0) is 24.3 Å². The first-order valence-electron chi connectivity index (χ1n) is 6.52. The largest absolute Gasteiger partial charge is 0.348 e. The number of aryl methyl sites for hydroxylation is 1. The Morgan fingerprint density at radius 1 is 1.24 bits per heavy atom. The minimum Gasteiger partial charge on any atom is -0.348 e. The molecule has 3 aromatic heterocycles. The highest BCUT2D eigenvalue weighted by Crippen LogP contribution is 2.09. The number of nitrogens with one attached hydrogen (secondary N) is 1. The normalized spacial score (nSPS) is 10.7. The van der Waals surface area contributed by atoms with E-state index in [0.717, 1.165) is 11.1 Å². The van der Waals surface area contributed by atoms with E-state index in [1.807, 2.05) is 24.4 Å². The van der Waals surface area contributed by atoms with E-state index >= 15 is 0 Å². The zero-order chi connectivity index (χ0) is 14.8. The van der Waals surface area contributed by atoms with E-state index in [-0.39, 0.29) is 17.0 Å². The quantitative estimate of drug-likeness (QED) is 0.778. The lowest BCUT2D eigenvalue weighted by atomic mass is 10.2. The summed E-state index contributed by atoms with van der Waals surface area (Å²) in [5.74, 6) is -0.383. The van der Waals surface area contributed by atoms with Crippen molar-refractivity contribution in [3.05, 3.63) is 70.4 Å². The number of amides is 1. The first kappa shape index (κ1) is 13.1. The molecule has 0 aliphatic rings. The van der Waals surface area contributed by atoms with E-state index in [4.69, 9.17) is 0 Å². The summed E-state index contributed by atoms with van der Waals surface area (Å²) < 4.78 is 3.12. The van der Waals surface area contributed by atoms with Gasteiger partial charge in [0.2, 0.25) is 0 Å². The fourth-order valence-corrected chi connectivity index (χ4v) is 2.16. The molecule has 6 nitrogen and oxygen atoms in total. The maximum absolute atomic E-state index is 12.1. The van der Waals surface area contributed by atoms with Crippen molar-refractivity contribution in [3.8, 4) is 0 Å².